The maximum atomic E-state index is 7.44. The molecule has 0 amide bonds. The Labute approximate surface area is 135 Å². The summed E-state index contributed by atoms with van der Waals surface area (Å²) in [6.07, 6.45) is 0. The molecule has 2 aromatic rings. The van der Waals surface area contributed by atoms with Gasteiger partial charge in [-0.15, -0.1) is 0 Å². The first-order valence-electron chi connectivity index (χ1n) is 6.70. The molecular formula is C17H19ClN2S. The molecule has 4 heteroatoms. The largest absolute Gasteiger partial charge is 0.384 e. The molecule has 21 heavy (non-hydrogen) atoms. The molecule has 0 saturated carbocycles. The van der Waals surface area contributed by atoms with Crippen LogP contribution in [0, 0.1) is 5.41 Å². The van der Waals surface area contributed by atoms with Crippen LogP contribution in [0.2, 0.25) is 5.02 Å². The molecule has 0 spiro atoms. The summed E-state index contributed by atoms with van der Waals surface area (Å²) in [6, 6.07) is 14.1. The number of benzene rings is 2. The summed E-state index contributed by atoms with van der Waals surface area (Å²) in [5, 5.41) is 7.95. The molecule has 0 unspecified atom stereocenters. The van der Waals surface area contributed by atoms with E-state index in [9.17, 15) is 0 Å². The Balaban J connectivity index is 2.19. The molecule has 0 aromatic heterocycles. The molecule has 0 radical (unpaired) electrons. The highest BCUT2D eigenvalue weighted by molar-refractivity contribution is 7.99. The number of hydrogen-bond acceptors (Lipinski definition) is 2. The number of nitrogens with two attached hydrogens (primary N) is 1. The molecule has 110 valence electrons. The third-order valence-corrected chi connectivity index (χ3v) is 4.50. The number of halogens is 1. The minimum atomic E-state index is -0.00826. The quantitative estimate of drug-likeness (QED) is 0.613. The van der Waals surface area contributed by atoms with Crippen molar-refractivity contribution in [3.05, 3.63) is 58.6 Å². The Kier molecular flexibility index (Phi) is 4.64. The number of rotatable bonds is 3. The van der Waals surface area contributed by atoms with Crippen LogP contribution in [0.5, 0.6) is 0 Å². The summed E-state index contributed by atoms with van der Waals surface area (Å²) >= 11 is 7.79. The van der Waals surface area contributed by atoms with Crippen LogP contribution >= 0.6 is 23.4 Å². The minimum absolute atomic E-state index is 0.00826. The van der Waals surface area contributed by atoms with Gasteiger partial charge in [0.2, 0.25) is 0 Å². The Morgan fingerprint density at radius 3 is 2.10 bits per heavy atom. The maximum Gasteiger partial charge on any atom is 0.124 e. The molecule has 0 saturated heterocycles. The average molecular weight is 319 g/mol. The van der Waals surface area contributed by atoms with E-state index in [1.807, 2.05) is 12.1 Å². The van der Waals surface area contributed by atoms with Crippen LogP contribution in [0.4, 0.5) is 0 Å². The van der Waals surface area contributed by atoms with Gasteiger partial charge >= 0.3 is 0 Å². The standard InChI is InChI=1S/C17H19ClN2S/c1-17(2,3)11-4-6-12(7-5-11)21-13-8-9-14(16(19)20)15(18)10-13/h4-10H,1-3H3,(H3,19,20). The summed E-state index contributed by atoms with van der Waals surface area (Å²) in [5.41, 5.74) is 7.52. The van der Waals surface area contributed by atoms with Crippen molar-refractivity contribution in [3.63, 3.8) is 0 Å². The molecule has 0 heterocycles. The third kappa shape index (κ3) is 4.02. The Bertz CT molecular complexity index is 657. The zero-order valence-corrected chi connectivity index (χ0v) is 14.0. The Morgan fingerprint density at radius 2 is 1.62 bits per heavy atom. The predicted octanol–water partition coefficient (Wildman–Crippen LogP) is 5.07. The topological polar surface area (TPSA) is 49.9 Å². The van der Waals surface area contributed by atoms with Gasteiger partial charge in [0.05, 0.1) is 5.02 Å². The normalized spacial score (nSPS) is 11.4. The van der Waals surface area contributed by atoms with Crippen molar-refractivity contribution in [1.82, 2.24) is 0 Å². The lowest BCUT2D eigenvalue weighted by molar-refractivity contribution is 0.590. The van der Waals surface area contributed by atoms with Crippen molar-refractivity contribution in [1.29, 1.82) is 5.41 Å². The fraction of sp³-hybridized carbons (Fsp3) is 0.235. The highest BCUT2D eigenvalue weighted by atomic mass is 35.5. The van der Waals surface area contributed by atoms with Gasteiger partial charge in [0.25, 0.3) is 0 Å². The molecule has 3 N–H and O–H groups in total. The SMILES string of the molecule is CC(C)(C)c1ccc(Sc2ccc(C(=N)N)c(Cl)c2)cc1. The summed E-state index contributed by atoms with van der Waals surface area (Å²) in [4.78, 5) is 2.20. The van der Waals surface area contributed by atoms with E-state index < -0.39 is 0 Å². The molecule has 0 atom stereocenters. The third-order valence-electron chi connectivity index (χ3n) is 3.19. The van der Waals surface area contributed by atoms with Crippen molar-refractivity contribution in [3.8, 4) is 0 Å². The van der Waals surface area contributed by atoms with Crippen molar-refractivity contribution >= 4 is 29.2 Å². The van der Waals surface area contributed by atoms with Gasteiger partial charge in [-0.1, -0.05) is 56.3 Å². The van der Waals surface area contributed by atoms with Gasteiger partial charge in [0.15, 0.2) is 0 Å². The first-order valence-corrected chi connectivity index (χ1v) is 7.89. The van der Waals surface area contributed by atoms with Gasteiger partial charge in [0, 0.05) is 15.4 Å². The first kappa shape index (κ1) is 15.9. The van der Waals surface area contributed by atoms with Crippen LogP contribution in [0.15, 0.2) is 52.3 Å². The van der Waals surface area contributed by atoms with Gasteiger partial charge in [-0.05, 0) is 41.3 Å². The van der Waals surface area contributed by atoms with E-state index in [0.29, 0.717) is 10.6 Å². The summed E-state index contributed by atoms with van der Waals surface area (Å²) in [5.74, 6) is -0.00826. The van der Waals surface area contributed by atoms with E-state index >= 15 is 0 Å². The van der Waals surface area contributed by atoms with Crippen LogP contribution in [0.25, 0.3) is 0 Å². The minimum Gasteiger partial charge on any atom is -0.384 e. The van der Waals surface area contributed by atoms with E-state index in [0.717, 1.165) is 9.79 Å². The average Bonchev–Trinajstić information content (AvgIpc) is 2.38. The first-order chi connectivity index (χ1) is 9.77. The van der Waals surface area contributed by atoms with E-state index in [1.54, 1.807) is 17.8 Å². The molecule has 2 aromatic carbocycles. The second-order valence-electron chi connectivity index (χ2n) is 5.93. The Hall–Kier alpha value is -1.45. The monoisotopic (exact) mass is 318 g/mol. The van der Waals surface area contributed by atoms with Crippen molar-refractivity contribution in [2.45, 2.75) is 36.0 Å². The van der Waals surface area contributed by atoms with Gasteiger partial charge in [-0.25, -0.2) is 0 Å². The van der Waals surface area contributed by atoms with Crippen molar-refractivity contribution in [2.75, 3.05) is 0 Å². The lowest BCUT2D eigenvalue weighted by Crippen LogP contribution is -2.11. The van der Waals surface area contributed by atoms with Crippen LogP contribution in [-0.2, 0) is 5.41 Å². The van der Waals surface area contributed by atoms with E-state index in [-0.39, 0.29) is 11.3 Å². The summed E-state index contributed by atoms with van der Waals surface area (Å²) in [6.45, 7) is 6.61. The van der Waals surface area contributed by atoms with Gasteiger partial charge in [-0.3, -0.25) is 5.41 Å². The van der Waals surface area contributed by atoms with Gasteiger partial charge in [0.1, 0.15) is 5.84 Å². The van der Waals surface area contributed by atoms with Gasteiger partial charge in [-0.2, -0.15) is 0 Å². The molecule has 0 fully saturated rings. The Morgan fingerprint density at radius 1 is 1.05 bits per heavy atom. The summed E-state index contributed by atoms with van der Waals surface area (Å²) in [7, 11) is 0. The van der Waals surface area contributed by atoms with Crippen LogP contribution in [0.1, 0.15) is 31.9 Å². The zero-order chi connectivity index (χ0) is 15.6. The fourth-order valence-corrected chi connectivity index (χ4v) is 3.14. The number of nitrogens with one attached hydrogen (secondary N) is 1. The highest BCUT2D eigenvalue weighted by Gasteiger charge is 2.13. The molecule has 0 aliphatic rings. The van der Waals surface area contributed by atoms with Crippen LogP contribution in [0.3, 0.4) is 0 Å². The number of hydrogen-bond donors (Lipinski definition) is 2. The van der Waals surface area contributed by atoms with Crippen molar-refractivity contribution < 1.29 is 0 Å². The second kappa shape index (κ2) is 6.12. The molecule has 2 nitrogen and oxygen atoms in total. The molecular weight excluding hydrogens is 300 g/mol. The maximum absolute atomic E-state index is 7.44. The fourth-order valence-electron chi connectivity index (χ4n) is 1.94. The molecule has 0 bridgehead atoms. The van der Waals surface area contributed by atoms with E-state index in [4.69, 9.17) is 22.7 Å². The molecule has 2 rings (SSSR count). The van der Waals surface area contributed by atoms with Crippen molar-refractivity contribution in [2.24, 2.45) is 5.73 Å². The molecule has 0 aliphatic carbocycles. The zero-order valence-electron chi connectivity index (χ0n) is 12.4. The number of nitrogen functional groups attached to an aromatic ring is 1. The van der Waals surface area contributed by atoms with Crippen LogP contribution < -0.4 is 5.73 Å². The van der Waals surface area contributed by atoms with E-state index in [1.165, 1.54) is 5.56 Å². The predicted molar refractivity (Wildman–Crippen MR) is 91.7 cm³/mol. The second-order valence-corrected chi connectivity index (χ2v) is 7.49. The highest BCUT2D eigenvalue weighted by Crippen LogP contribution is 2.32. The summed E-state index contributed by atoms with van der Waals surface area (Å²) < 4.78 is 0. The number of amidine groups is 1. The smallest absolute Gasteiger partial charge is 0.124 e. The van der Waals surface area contributed by atoms with E-state index in [2.05, 4.69) is 45.0 Å². The lowest BCUT2D eigenvalue weighted by atomic mass is 9.87. The lowest BCUT2D eigenvalue weighted by Gasteiger charge is -2.19. The van der Waals surface area contributed by atoms with Crippen LogP contribution in [-0.4, -0.2) is 5.84 Å². The van der Waals surface area contributed by atoms with Gasteiger partial charge < -0.3 is 5.73 Å². The molecule has 0 aliphatic heterocycles.